The Morgan fingerprint density at radius 3 is 2.65 bits per heavy atom. The molecule has 2 unspecified atom stereocenters. The van der Waals surface area contributed by atoms with E-state index in [9.17, 15) is 0 Å². The van der Waals surface area contributed by atoms with Crippen LogP contribution in [0.4, 0.5) is 0 Å². The van der Waals surface area contributed by atoms with E-state index >= 15 is 0 Å². The zero-order valence-corrected chi connectivity index (χ0v) is 12.6. The first-order chi connectivity index (χ1) is 7.99. The third-order valence-electron chi connectivity index (χ3n) is 4.40. The summed E-state index contributed by atoms with van der Waals surface area (Å²) in [6.07, 6.45) is 5.65. The SMILES string of the molecule is CCNCC1(CN(C)C(C)C)CCCC(C)C1. The van der Waals surface area contributed by atoms with Gasteiger partial charge >= 0.3 is 0 Å². The Morgan fingerprint density at radius 2 is 2.12 bits per heavy atom. The van der Waals surface area contributed by atoms with Crippen molar-refractivity contribution >= 4 is 0 Å². The lowest BCUT2D eigenvalue weighted by atomic mass is 9.69. The maximum absolute atomic E-state index is 3.60. The third kappa shape index (κ3) is 4.59. The van der Waals surface area contributed by atoms with Crippen molar-refractivity contribution in [2.75, 3.05) is 26.7 Å². The predicted molar refractivity (Wildman–Crippen MR) is 76.4 cm³/mol. The highest BCUT2D eigenvalue weighted by atomic mass is 15.1. The van der Waals surface area contributed by atoms with E-state index in [0.29, 0.717) is 11.5 Å². The van der Waals surface area contributed by atoms with Crippen LogP contribution in [-0.2, 0) is 0 Å². The highest BCUT2D eigenvalue weighted by Gasteiger charge is 2.35. The molecule has 1 N–H and O–H groups in total. The molecule has 0 aromatic heterocycles. The molecule has 0 aliphatic heterocycles. The van der Waals surface area contributed by atoms with Gasteiger partial charge < -0.3 is 10.2 Å². The Bertz CT molecular complexity index is 215. The van der Waals surface area contributed by atoms with Crippen LogP contribution in [0.15, 0.2) is 0 Å². The number of nitrogens with one attached hydrogen (secondary N) is 1. The van der Waals surface area contributed by atoms with E-state index in [1.54, 1.807) is 0 Å². The standard InChI is InChI=1S/C15H32N2/c1-6-16-11-15(12-17(5)13(2)3)9-7-8-14(4)10-15/h13-14,16H,6-12H2,1-5H3. The van der Waals surface area contributed by atoms with Crippen LogP contribution in [0.1, 0.15) is 53.4 Å². The van der Waals surface area contributed by atoms with Crippen molar-refractivity contribution in [1.29, 1.82) is 0 Å². The zero-order chi connectivity index (χ0) is 12.9. The van der Waals surface area contributed by atoms with Crippen molar-refractivity contribution in [2.24, 2.45) is 11.3 Å². The van der Waals surface area contributed by atoms with Gasteiger partial charge in [0.2, 0.25) is 0 Å². The van der Waals surface area contributed by atoms with Gasteiger partial charge in [0.05, 0.1) is 0 Å². The predicted octanol–water partition coefficient (Wildman–Crippen LogP) is 3.13. The van der Waals surface area contributed by atoms with Crippen LogP contribution < -0.4 is 5.32 Å². The Kier molecular flexibility index (Phi) is 5.94. The second-order valence-electron chi connectivity index (χ2n) is 6.49. The minimum Gasteiger partial charge on any atom is -0.316 e. The molecule has 0 bridgehead atoms. The van der Waals surface area contributed by atoms with Crippen LogP contribution >= 0.6 is 0 Å². The maximum atomic E-state index is 3.60. The van der Waals surface area contributed by atoms with Crippen molar-refractivity contribution < 1.29 is 0 Å². The van der Waals surface area contributed by atoms with Gasteiger partial charge in [-0.1, -0.05) is 26.7 Å². The van der Waals surface area contributed by atoms with Gasteiger partial charge in [0.1, 0.15) is 0 Å². The van der Waals surface area contributed by atoms with Crippen molar-refractivity contribution in [1.82, 2.24) is 10.2 Å². The van der Waals surface area contributed by atoms with Crippen LogP contribution in [0, 0.1) is 11.3 Å². The van der Waals surface area contributed by atoms with E-state index < -0.39 is 0 Å². The van der Waals surface area contributed by atoms with Gasteiger partial charge in [-0.25, -0.2) is 0 Å². The second kappa shape index (κ2) is 6.75. The topological polar surface area (TPSA) is 15.3 Å². The highest BCUT2D eigenvalue weighted by molar-refractivity contribution is 4.89. The fourth-order valence-corrected chi connectivity index (χ4v) is 3.23. The van der Waals surface area contributed by atoms with E-state index in [1.165, 1.54) is 38.8 Å². The smallest absolute Gasteiger partial charge is 0.00499 e. The Hall–Kier alpha value is -0.0800. The first-order valence-electron chi connectivity index (χ1n) is 7.40. The highest BCUT2D eigenvalue weighted by Crippen LogP contribution is 2.39. The number of nitrogens with zero attached hydrogens (tertiary/aromatic N) is 1. The van der Waals surface area contributed by atoms with Crippen LogP contribution in [0.3, 0.4) is 0 Å². The van der Waals surface area contributed by atoms with E-state index in [0.717, 1.165) is 12.5 Å². The summed E-state index contributed by atoms with van der Waals surface area (Å²) < 4.78 is 0. The Balaban J connectivity index is 2.63. The summed E-state index contributed by atoms with van der Waals surface area (Å²) >= 11 is 0. The van der Waals surface area contributed by atoms with Gasteiger partial charge in [-0.2, -0.15) is 0 Å². The molecule has 102 valence electrons. The summed E-state index contributed by atoms with van der Waals surface area (Å²) in [4.78, 5) is 2.52. The monoisotopic (exact) mass is 240 g/mol. The van der Waals surface area contributed by atoms with E-state index in [1.807, 2.05) is 0 Å². The van der Waals surface area contributed by atoms with E-state index in [-0.39, 0.29) is 0 Å². The van der Waals surface area contributed by atoms with Crippen molar-refractivity contribution in [3.05, 3.63) is 0 Å². The molecule has 0 aromatic rings. The van der Waals surface area contributed by atoms with Gasteiger partial charge in [0, 0.05) is 19.1 Å². The van der Waals surface area contributed by atoms with Crippen molar-refractivity contribution in [2.45, 2.75) is 59.4 Å². The second-order valence-corrected chi connectivity index (χ2v) is 6.49. The molecule has 1 rings (SSSR count). The fourth-order valence-electron chi connectivity index (χ4n) is 3.23. The van der Waals surface area contributed by atoms with Gasteiger partial charge in [-0.3, -0.25) is 0 Å². The molecule has 1 aliphatic carbocycles. The van der Waals surface area contributed by atoms with E-state index in [2.05, 4.69) is 45.0 Å². The lowest BCUT2D eigenvalue weighted by Gasteiger charge is -2.43. The number of hydrogen-bond acceptors (Lipinski definition) is 2. The van der Waals surface area contributed by atoms with Gasteiger partial charge in [-0.05, 0) is 51.6 Å². The van der Waals surface area contributed by atoms with Crippen LogP contribution in [0.25, 0.3) is 0 Å². The molecule has 1 aliphatic rings. The van der Waals surface area contributed by atoms with Crippen molar-refractivity contribution in [3.8, 4) is 0 Å². The normalized spacial score (nSPS) is 30.2. The van der Waals surface area contributed by atoms with Gasteiger partial charge in [-0.15, -0.1) is 0 Å². The summed E-state index contributed by atoms with van der Waals surface area (Å²) in [5.74, 6) is 0.906. The van der Waals surface area contributed by atoms with Crippen LogP contribution in [-0.4, -0.2) is 37.6 Å². The molecule has 2 atom stereocenters. The molecule has 17 heavy (non-hydrogen) atoms. The van der Waals surface area contributed by atoms with Crippen LogP contribution in [0.5, 0.6) is 0 Å². The molecule has 0 aromatic carbocycles. The molecule has 2 heteroatoms. The van der Waals surface area contributed by atoms with Crippen molar-refractivity contribution in [3.63, 3.8) is 0 Å². The maximum Gasteiger partial charge on any atom is 0.00499 e. The Morgan fingerprint density at radius 1 is 1.41 bits per heavy atom. The molecule has 2 nitrogen and oxygen atoms in total. The summed E-state index contributed by atoms with van der Waals surface area (Å²) in [5, 5.41) is 3.60. The summed E-state index contributed by atoms with van der Waals surface area (Å²) in [5.41, 5.74) is 0.521. The first kappa shape index (κ1) is 15.0. The summed E-state index contributed by atoms with van der Waals surface area (Å²) in [6, 6.07) is 0.658. The molecule has 0 spiro atoms. The Labute approximate surface area is 108 Å². The lowest BCUT2D eigenvalue weighted by Crippen LogP contribution is -2.47. The largest absolute Gasteiger partial charge is 0.316 e. The minimum absolute atomic E-state index is 0.521. The summed E-state index contributed by atoms with van der Waals surface area (Å²) in [6.45, 7) is 12.8. The number of hydrogen-bond donors (Lipinski definition) is 1. The molecule has 0 radical (unpaired) electrons. The molecule has 1 fully saturated rings. The molecule has 0 heterocycles. The minimum atomic E-state index is 0.521. The average Bonchev–Trinajstić information content (AvgIpc) is 2.26. The van der Waals surface area contributed by atoms with Gasteiger partial charge in [0.15, 0.2) is 0 Å². The van der Waals surface area contributed by atoms with E-state index in [4.69, 9.17) is 0 Å². The first-order valence-corrected chi connectivity index (χ1v) is 7.40. The molecule has 1 saturated carbocycles. The summed E-state index contributed by atoms with van der Waals surface area (Å²) in [7, 11) is 2.28. The quantitative estimate of drug-likeness (QED) is 0.767. The molecular formula is C15H32N2. The molecular weight excluding hydrogens is 208 g/mol. The lowest BCUT2D eigenvalue weighted by molar-refractivity contribution is 0.0798. The molecule has 0 saturated heterocycles. The van der Waals surface area contributed by atoms with Gasteiger partial charge in [0.25, 0.3) is 0 Å². The fraction of sp³-hybridized carbons (Fsp3) is 1.00. The number of rotatable bonds is 6. The third-order valence-corrected chi connectivity index (χ3v) is 4.40. The molecule has 0 amide bonds. The van der Waals surface area contributed by atoms with Crippen LogP contribution in [0.2, 0.25) is 0 Å². The zero-order valence-electron chi connectivity index (χ0n) is 12.6. The average molecular weight is 240 g/mol.